The predicted octanol–water partition coefficient (Wildman–Crippen LogP) is 1.66. The minimum Gasteiger partial charge on any atom is -0.497 e. The van der Waals surface area contributed by atoms with E-state index in [1.165, 1.54) is 19.5 Å². The van der Waals surface area contributed by atoms with E-state index in [-0.39, 0.29) is 24.3 Å². The second-order valence-corrected chi connectivity index (χ2v) is 7.12. The summed E-state index contributed by atoms with van der Waals surface area (Å²) in [6.45, 7) is -0.347. The first-order valence-electron chi connectivity index (χ1n) is 10.0. The summed E-state index contributed by atoms with van der Waals surface area (Å²) < 4.78 is 12.5. The molecule has 0 aliphatic rings. The van der Waals surface area contributed by atoms with Crippen LogP contribution in [0.1, 0.15) is 5.56 Å². The maximum atomic E-state index is 13.3. The molecule has 2 heterocycles. The molecule has 2 aromatic heterocycles. The van der Waals surface area contributed by atoms with E-state index in [1.54, 1.807) is 55.6 Å². The van der Waals surface area contributed by atoms with Crippen molar-refractivity contribution >= 4 is 22.8 Å². The Hall–Kier alpha value is -4.47. The number of hydrogen-bond acceptors (Lipinski definition) is 7. The van der Waals surface area contributed by atoms with Crippen LogP contribution in [0.25, 0.3) is 11.2 Å². The number of rotatable bonds is 7. The largest absolute Gasteiger partial charge is 0.497 e. The summed E-state index contributed by atoms with van der Waals surface area (Å²) in [7, 11) is 3.08. The quantitative estimate of drug-likeness (QED) is 0.458. The lowest BCUT2D eigenvalue weighted by Crippen LogP contribution is -2.42. The van der Waals surface area contributed by atoms with Gasteiger partial charge in [-0.1, -0.05) is 18.2 Å². The number of amides is 1. The van der Waals surface area contributed by atoms with E-state index in [9.17, 15) is 14.4 Å². The Morgan fingerprint density at radius 1 is 0.939 bits per heavy atom. The van der Waals surface area contributed by atoms with E-state index in [0.717, 1.165) is 9.13 Å². The standard InChI is InChI=1S/C23H21N5O5/c1-32-17-8-6-15(7-9-17)13-28-22(30)20-21(25-11-10-24-20)27(23(28)31)14-19(29)26-16-4-3-5-18(12-16)33-2/h3-12H,13-14H2,1-2H3,(H,26,29). The number of aromatic nitrogens is 4. The van der Waals surface area contributed by atoms with E-state index in [4.69, 9.17) is 9.47 Å². The summed E-state index contributed by atoms with van der Waals surface area (Å²) in [4.78, 5) is 47.2. The molecule has 0 aliphatic heterocycles. The van der Waals surface area contributed by atoms with Gasteiger partial charge in [0.05, 0.1) is 20.8 Å². The first-order valence-corrected chi connectivity index (χ1v) is 10.0. The second-order valence-electron chi connectivity index (χ2n) is 7.12. The highest BCUT2D eigenvalue weighted by atomic mass is 16.5. The van der Waals surface area contributed by atoms with Crippen molar-refractivity contribution in [1.29, 1.82) is 0 Å². The molecule has 0 fully saturated rings. The predicted molar refractivity (Wildman–Crippen MR) is 122 cm³/mol. The fraction of sp³-hybridized carbons (Fsp3) is 0.174. The maximum absolute atomic E-state index is 13.3. The van der Waals surface area contributed by atoms with Crippen molar-refractivity contribution in [3.8, 4) is 11.5 Å². The van der Waals surface area contributed by atoms with Gasteiger partial charge in [0.2, 0.25) is 5.91 Å². The van der Waals surface area contributed by atoms with Gasteiger partial charge in [0, 0.05) is 24.1 Å². The molecule has 0 spiro atoms. The average Bonchev–Trinajstić information content (AvgIpc) is 2.85. The highest BCUT2D eigenvalue weighted by Crippen LogP contribution is 2.17. The molecule has 0 bridgehead atoms. The van der Waals surface area contributed by atoms with Gasteiger partial charge in [-0.25, -0.2) is 14.8 Å². The van der Waals surface area contributed by atoms with Crippen LogP contribution in [0, 0.1) is 0 Å². The minimum absolute atomic E-state index is 0.000193. The van der Waals surface area contributed by atoms with E-state index < -0.39 is 17.2 Å². The third-order valence-electron chi connectivity index (χ3n) is 5.00. The molecule has 10 nitrogen and oxygen atoms in total. The molecule has 2 aromatic carbocycles. The lowest BCUT2D eigenvalue weighted by Gasteiger charge is -2.13. The zero-order valence-electron chi connectivity index (χ0n) is 18.0. The lowest BCUT2D eigenvalue weighted by atomic mass is 10.2. The highest BCUT2D eigenvalue weighted by molar-refractivity contribution is 5.91. The fourth-order valence-corrected chi connectivity index (χ4v) is 3.37. The zero-order chi connectivity index (χ0) is 23.4. The Balaban J connectivity index is 1.71. The Kier molecular flexibility index (Phi) is 6.16. The van der Waals surface area contributed by atoms with Crippen molar-refractivity contribution in [3.63, 3.8) is 0 Å². The first-order chi connectivity index (χ1) is 16.0. The van der Waals surface area contributed by atoms with Crippen molar-refractivity contribution in [2.75, 3.05) is 19.5 Å². The van der Waals surface area contributed by atoms with Crippen LogP contribution in [0.4, 0.5) is 5.69 Å². The molecule has 0 saturated heterocycles. The van der Waals surface area contributed by atoms with E-state index in [1.807, 2.05) is 0 Å². The molecule has 0 unspecified atom stereocenters. The number of carbonyl (C=O) groups is 1. The van der Waals surface area contributed by atoms with Crippen molar-refractivity contribution in [2.24, 2.45) is 0 Å². The van der Waals surface area contributed by atoms with Crippen molar-refractivity contribution in [2.45, 2.75) is 13.1 Å². The van der Waals surface area contributed by atoms with Crippen molar-refractivity contribution in [3.05, 3.63) is 87.3 Å². The maximum Gasteiger partial charge on any atom is 0.333 e. The number of hydrogen-bond donors (Lipinski definition) is 1. The average molecular weight is 447 g/mol. The number of nitrogens with one attached hydrogen (secondary N) is 1. The molecule has 0 saturated carbocycles. The molecule has 4 rings (SSSR count). The molecule has 10 heteroatoms. The number of ether oxygens (including phenoxy) is 2. The highest BCUT2D eigenvalue weighted by Gasteiger charge is 2.17. The molecule has 168 valence electrons. The first kappa shape index (κ1) is 21.8. The van der Waals surface area contributed by atoms with Crippen molar-refractivity contribution < 1.29 is 14.3 Å². The van der Waals surface area contributed by atoms with Gasteiger partial charge in [-0.3, -0.25) is 18.7 Å². The summed E-state index contributed by atoms with van der Waals surface area (Å²) >= 11 is 0. The molecular formula is C23H21N5O5. The van der Waals surface area contributed by atoms with Crippen molar-refractivity contribution in [1.82, 2.24) is 19.1 Å². The normalized spacial score (nSPS) is 10.7. The Morgan fingerprint density at radius 2 is 1.67 bits per heavy atom. The SMILES string of the molecule is COc1ccc(Cn2c(=O)c3nccnc3n(CC(=O)Nc3cccc(OC)c3)c2=O)cc1. The van der Waals surface area contributed by atoms with Gasteiger partial charge in [0.1, 0.15) is 18.0 Å². The summed E-state index contributed by atoms with van der Waals surface area (Å²) in [5.41, 5.74) is 0.0204. The monoisotopic (exact) mass is 447 g/mol. The lowest BCUT2D eigenvalue weighted by molar-refractivity contribution is -0.116. The molecule has 1 amide bonds. The van der Waals surface area contributed by atoms with Gasteiger partial charge in [-0.2, -0.15) is 0 Å². The van der Waals surface area contributed by atoms with Crippen LogP contribution in [-0.2, 0) is 17.9 Å². The Labute approximate surface area is 188 Å². The number of carbonyl (C=O) groups excluding carboxylic acids is 1. The number of fused-ring (bicyclic) bond motifs is 1. The van der Waals surface area contributed by atoms with Gasteiger partial charge < -0.3 is 14.8 Å². The number of methoxy groups -OCH3 is 2. The van der Waals surface area contributed by atoms with Gasteiger partial charge in [0.15, 0.2) is 11.2 Å². The van der Waals surface area contributed by atoms with E-state index in [2.05, 4.69) is 15.3 Å². The molecule has 0 aliphatic carbocycles. The zero-order valence-corrected chi connectivity index (χ0v) is 18.0. The van der Waals surface area contributed by atoms with Crippen LogP contribution < -0.4 is 26.0 Å². The van der Waals surface area contributed by atoms with Crippen LogP contribution in [0.5, 0.6) is 11.5 Å². The molecular weight excluding hydrogens is 426 g/mol. The number of nitrogens with zero attached hydrogens (tertiary/aromatic N) is 4. The summed E-state index contributed by atoms with van der Waals surface area (Å²) in [6, 6.07) is 13.8. The van der Waals surface area contributed by atoms with Gasteiger partial charge in [-0.15, -0.1) is 0 Å². The molecule has 33 heavy (non-hydrogen) atoms. The molecule has 4 aromatic rings. The van der Waals surface area contributed by atoms with Crippen LogP contribution >= 0.6 is 0 Å². The summed E-state index contributed by atoms with van der Waals surface area (Å²) in [5.74, 6) is 0.767. The number of benzene rings is 2. The van der Waals surface area contributed by atoms with Gasteiger partial charge in [0.25, 0.3) is 5.56 Å². The third kappa shape index (κ3) is 4.59. The molecule has 0 radical (unpaired) electrons. The second kappa shape index (κ2) is 9.35. The van der Waals surface area contributed by atoms with Crippen LogP contribution in [0.2, 0.25) is 0 Å². The van der Waals surface area contributed by atoms with E-state index in [0.29, 0.717) is 22.7 Å². The van der Waals surface area contributed by atoms with Crippen LogP contribution in [-0.4, -0.2) is 39.2 Å². The van der Waals surface area contributed by atoms with Crippen LogP contribution in [0.3, 0.4) is 0 Å². The number of anilines is 1. The van der Waals surface area contributed by atoms with Crippen LogP contribution in [0.15, 0.2) is 70.5 Å². The fourth-order valence-electron chi connectivity index (χ4n) is 3.37. The van der Waals surface area contributed by atoms with Gasteiger partial charge in [-0.05, 0) is 29.8 Å². The van der Waals surface area contributed by atoms with E-state index >= 15 is 0 Å². The summed E-state index contributed by atoms with van der Waals surface area (Å²) in [5, 5.41) is 2.73. The Bertz CT molecular complexity index is 1430. The van der Waals surface area contributed by atoms with Gasteiger partial charge >= 0.3 is 5.69 Å². The topological polar surface area (TPSA) is 117 Å². The minimum atomic E-state index is -0.662. The molecule has 1 N–H and O–H groups in total. The smallest absolute Gasteiger partial charge is 0.333 e. The summed E-state index contributed by atoms with van der Waals surface area (Å²) in [6.07, 6.45) is 2.73. The third-order valence-corrected chi connectivity index (χ3v) is 5.00. The molecule has 0 atom stereocenters. The Morgan fingerprint density at radius 3 is 2.39 bits per heavy atom.